The summed E-state index contributed by atoms with van der Waals surface area (Å²) in [4.78, 5) is 14.6. The summed E-state index contributed by atoms with van der Waals surface area (Å²) in [5, 5.41) is 3.25. The molecule has 2 aliphatic heterocycles. The van der Waals surface area contributed by atoms with Crippen LogP contribution in [0.2, 0.25) is 0 Å². The van der Waals surface area contributed by atoms with Gasteiger partial charge in [-0.05, 0) is 41.3 Å². The average Bonchev–Trinajstić information content (AvgIpc) is 3.15. The lowest BCUT2D eigenvalue weighted by Gasteiger charge is -2.40. The number of fused-ring (bicyclic) bond motifs is 3. The fourth-order valence-electron chi connectivity index (χ4n) is 4.52. The summed E-state index contributed by atoms with van der Waals surface area (Å²) in [6.07, 6.45) is 4.17. The Labute approximate surface area is 178 Å². The minimum atomic E-state index is -0.603. The summed E-state index contributed by atoms with van der Waals surface area (Å²) < 4.78 is 11.4. The highest BCUT2D eigenvalue weighted by Crippen LogP contribution is 2.52. The summed E-state index contributed by atoms with van der Waals surface area (Å²) in [6, 6.07) is 14.3. The van der Waals surface area contributed by atoms with Gasteiger partial charge >= 0.3 is 0 Å². The topological polar surface area (TPSA) is 50.8 Å². The Hall–Kier alpha value is -2.95. The van der Waals surface area contributed by atoms with Gasteiger partial charge in [-0.1, -0.05) is 58.0 Å². The van der Waals surface area contributed by atoms with Crippen LogP contribution in [-0.4, -0.2) is 31.8 Å². The van der Waals surface area contributed by atoms with E-state index < -0.39 is 5.66 Å². The molecule has 1 N–H and O–H groups in total. The zero-order valence-corrected chi connectivity index (χ0v) is 18.4. The maximum absolute atomic E-state index is 12.4. The van der Waals surface area contributed by atoms with Gasteiger partial charge in [-0.2, -0.15) is 0 Å². The molecular weight excluding hydrogens is 376 g/mol. The predicted octanol–water partition coefficient (Wildman–Crippen LogP) is 4.37. The van der Waals surface area contributed by atoms with E-state index in [1.807, 2.05) is 24.3 Å². The molecule has 2 aromatic carbocycles. The number of hydrogen-bond acceptors (Lipinski definition) is 4. The number of methoxy groups -OCH3 is 1. The third kappa shape index (κ3) is 3.13. The lowest BCUT2D eigenvalue weighted by molar-refractivity contribution is -0.118. The molecule has 5 nitrogen and oxygen atoms in total. The highest BCUT2D eigenvalue weighted by molar-refractivity contribution is 5.91. The van der Waals surface area contributed by atoms with Crippen molar-refractivity contribution in [1.29, 1.82) is 0 Å². The highest BCUT2D eigenvalue weighted by Gasteiger charge is 2.59. The number of rotatable bonds is 6. The Morgan fingerprint density at radius 2 is 1.93 bits per heavy atom. The SMILES string of the molecule is COc1cc(/C=C/[C@@]23NC(=O)CN2c2ccccc2C3(C)C)ccc1OCC(C)C. The normalized spacial score (nSPS) is 21.7. The number of benzene rings is 2. The monoisotopic (exact) mass is 406 g/mol. The van der Waals surface area contributed by atoms with Gasteiger partial charge in [0.05, 0.1) is 20.3 Å². The standard InChI is InChI=1S/C25H30N2O3/c1-17(2)16-30-21-11-10-18(14-22(21)29-5)12-13-25-24(3,4)19-8-6-7-9-20(19)27(25)15-23(28)26-25/h6-14,17H,15-16H2,1-5H3,(H,26,28)/b13-12+/t25-/m1/s1. The molecule has 1 amide bonds. The van der Waals surface area contributed by atoms with Gasteiger partial charge in [0.2, 0.25) is 5.91 Å². The van der Waals surface area contributed by atoms with Gasteiger partial charge < -0.3 is 19.7 Å². The second kappa shape index (κ2) is 7.38. The summed E-state index contributed by atoms with van der Waals surface area (Å²) in [6.45, 7) is 9.60. The number of carbonyl (C=O) groups is 1. The number of ether oxygens (including phenoxy) is 2. The van der Waals surface area contributed by atoms with Crippen LogP contribution >= 0.6 is 0 Å². The Morgan fingerprint density at radius 1 is 1.17 bits per heavy atom. The van der Waals surface area contributed by atoms with Crippen LogP contribution in [0.4, 0.5) is 5.69 Å². The molecule has 1 atom stereocenters. The van der Waals surface area contributed by atoms with Crippen LogP contribution in [0.5, 0.6) is 11.5 Å². The van der Waals surface area contributed by atoms with Gasteiger partial charge in [-0.25, -0.2) is 0 Å². The Balaban J connectivity index is 1.68. The molecule has 0 radical (unpaired) electrons. The molecule has 1 fully saturated rings. The van der Waals surface area contributed by atoms with E-state index in [4.69, 9.17) is 9.47 Å². The van der Waals surface area contributed by atoms with Crippen molar-refractivity contribution >= 4 is 17.7 Å². The predicted molar refractivity (Wildman–Crippen MR) is 120 cm³/mol. The number of carbonyl (C=O) groups excluding carboxylic acids is 1. The smallest absolute Gasteiger partial charge is 0.241 e. The molecule has 0 aliphatic carbocycles. The van der Waals surface area contributed by atoms with Crippen LogP contribution < -0.4 is 19.7 Å². The van der Waals surface area contributed by atoms with Crippen molar-refractivity contribution in [3.05, 3.63) is 59.7 Å². The van der Waals surface area contributed by atoms with Crippen molar-refractivity contribution < 1.29 is 14.3 Å². The zero-order chi connectivity index (χ0) is 21.5. The minimum Gasteiger partial charge on any atom is -0.493 e. The first-order valence-corrected chi connectivity index (χ1v) is 10.5. The van der Waals surface area contributed by atoms with E-state index in [0.29, 0.717) is 24.8 Å². The van der Waals surface area contributed by atoms with Gasteiger partial charge in [0.25, 0.3) is 0 Å². The van der Waals surface area contributed by atoms with E-state index in [1.54, 1.807) is 7.11 Å². The van der Waals surface area contributed by atoms with Crippen LogP contribution in [0.3, 0.4) is 0 Å². The van der Waals surface area contributed by atoms with Gasteiger partial charge in [0.15, 0.2) is 11.5 Å². The molecule has 2 aliphatic rings. The Bertz CT molecular complexity index is 996. The van der Waals surface area contributed by atoms with Crippen molar-refractivity contribution in [2.45, 2.75) is 38.8 Å². The highest BCUT2D eigenvalue weighted by atomic mass is 16.5. The first kappa shape index (κ1) is 20.3. The maximum atomic E-state index is 12.4. The molecule has 2 heterocycles. The third-order valence-corrected chi connectivity index (χ3v) is 6.16. The zero-order valence-electron chi connectivity index (χ0n) is 18.4. The number of nitrogens with zero attached hydrogens (tertiary/aromatic N) is 1. The quantitative estimate of drug-likeness (QED) is 0.774. The van der Waals surface area contributed by atoms with Crippen molar-refractivity contribution in [3.63, 3.8) is 0 Å². The summed E-state index contributed by atoms with van der Waals surface area (Å²) in [5.74, 6) is 1.93. The fraction of sp³-hybridized carbons (Fsp3) is 0.400. The van der Waals surface area contributed by atoms with Crippen LogP contribution in [-0.2, 0) is 10.2 Å². The van der Waals surface area contributed by atoms with Gasteiger partial charge in [-0.15, -0.1) is 0 Å². The molecule has 4 rings (SSSR count). The van der Waals surface area contributed by atoms with Crippen molar-refractivity contribution in [3.8, 4) is 11.5 Å². The fourth-order valence-corrected chi connectivity index (χ4v) is 4.52. The lowest BCUT2D eigenvalue weighted by Crippen LogP contribution is -2.58. The third-order valence-electron chi connectivity index (χ3n) is 6.16. The van der Waals surface area contributed by atoms with E-state index in [2.05, 4.69) is 68.3 Å². The first-order valence-electron chi connectivity index (χ1n) is 10.5. The number of amides is 1. The molecule has 0 bridgehead atoms. The molecule has 0 spiro atoms. The molecule has 5 heteroatoms. The molecule has 30 heavy (non-hydrogen) atoms. The van der Waals surface area contributed by atoms with Crippen molar-refractivity contribution in [1.82, 2.24) is 5.32 Å². The van der Waals surface area contributed by atoms with Gasteiger partial charge in [0.1, 0.15) is 5.66 Å². The van der Waals surface area contributed by atoms with Crippen LogP contribution in [0.25, 0.3) is 6.08 Å². The molecule has 1 saturated heterocycles. The Morgan fingerprint density at radius 3 is 2.67 bits per heavy atom. The van der Waals surface area contributed by atoms with Gasteiger partial charge in [-0.3, -0.25) is 4.79 Å². The van der Waals surface area contributed by atoms with Crippen molar-refractivity contribution in [2.75, 3.05) is 25.2 Å². The maximum Gasteiger partial charge on any atom is 0.241 e. The number of hydrogen-bond donors (Lipinski definition) is 1. The number of para-hydroxylation sites is 1. The number of anilines is 1. The molecule has 0 saturated carbocycles. The van der Waals surface area contributed by atoms with E-state index in [9.17, 15) is 4.79 Å². The Kier molecular flexibility index (Phi) is 5.00. The summed E-state index contributed by atoms with van der Waals surface area (Å²) in [7, 11) is 1.65. The van der Waals surface area contributed by atoms with Crippen LogP contribution in [0, 0.1) is 5.92 Å². The average molecular weight is 407 g/mol. The minimum absolute atomic E-state index is 0.0391. The van der Waals surface area contributed by atoms with E-state index in [1.165, 1.54) is 5.56 Å². The lowest BCUT2D eigenvalue weighted by atomic mass is 9.75. The number of nitrogens with one attached hydrogen (secondary N) is 1. The summed E-state index contributed by atoms with van der Waals surface area (Å²) in [5.41, 5.74) is 2.46. The second-order valence-corrected chi connectivity index (χ2v) is 8.99. The molecular formula is C25H30N2O3. The van der Waals surface area contributed by atoms with E-state index >= 15 is 0 Å². The molecule has 0 aromatic heterocycles. The second-order valence-electron chi connectivity index (χ2n) is 8.99. The van der Waals surface area contributed by atoms with E-state index in [0.717, 1.165) is 17.0 Å². The molecule has 2 aromatic rings. The molecule has 0 unspecified atom stereocenters. The van der Waals surface area contributed by atoms with Crippen LogP contribution in [0.15, 0.2) is 48.5 Å². The van der Waals surface area contributed by atoms with E-state index in [-0.39, 0.29) is 11.3 Å². The molecule has 158 valence electrons. The first-order chi connectivity index (χ1) is 14.3. The van der Waals surface area contributed by atoms with Crippen molar-refractivity contribution in [2.24, 2.45) is 5.92 Å². The van der Waals surface area contributed by atoms with Gasteiger partial charge in [0, 0.05) is 11.1 Å². The largest absolute Gasteiger partial charge is 0.493 e. The van der Waals surface area contributed by atoms with Crippen LogP contribution in [0.1, 0.15) is 38.8 Å². The summed E-state index contributed by atoms with van der Waals surface area (Å²) >= 11 is 0.